The first-order chi connectivity index (χ1) is 6.16. The molecule has 0 saturated heterocycles. The van der Waals surface area contributed by atoms with Gasteiger partial charge in [0.2, 0.25) is 0 Å². The van der Waals surface area contributed by atoms with Crippen LogP contribution in [0.15, 0.2) is 11.6 Å². The van der Waals surface area contributed by atoms with Crippen LogP contribution in [0.4, 0.5) is 4.79 Å². The molecule has 13 heavy (non-hydrogen) atoms. The van der Waals surface area contributed by atoms with Crippen molar-refractivity contribution in [2.24, 2.45) is 0 Å². The second-order valence-electron chi connectivity index (χ2n) is 3.27. The maximum absolute atomic E-state index is 11.0. The number of carbonyl (C=O) groups excluding carboxylic acids is 1. The molecule has 76 valence electrons. The molecule has 0 fully saturated rings. The Morgan fingerprint density at radius 2 is 2.00 bits per heavy atom. The molecule has 0 heterocycles. The Kier molecular flexibility index (Phi) is 7.07. The predicted molar refractivity (Wildman–Crippen MR) is 55.7 cm³/mol. The summed E-state index contributed by atoms with van der Waals surface area (Å²) in [6.07, 6.45) is 4.13. The van der Waals surface area contributed by atoms with E-state index in [9.17, 15) is 4.79 Å². The van der Waals surface area contributed by atoms with Crippen molar-refractivity contribution in [3.63, 3.8) is 0 Å². The topological polar surface area (TPSA) is 41.1 Å². The molecule has 0 bridgehead atoms. The third kappa shape index (κ3) is 8.92. The van der Waals surface area contributed by atoms with Crippen molar-refractivity contribution >= 4 is 6.03 Å². The highest BCUT2D eigenvalue weighted by atomic mass is 16.2. The molecule has 2 N–H and O–H groups in total. The first-order valence-corrected chi connectivity index (χ1v) is 4.82. The van der Waals surface area contributed by atoms with E-state index in [-0.39, 0.29) is 6.03 Å². The number of nitrogens with one attached hydrogen (secondary N) is 2. The van der Waals surface area contributed by atoms with Gasteiger partial charge in [0, 0.05) is 13.1 Å². The molecular formula is C10H20N2O. The fraction of sp³-hybridized carbons (Fsp3) is 0.700. The van der Waals surface area contributed by atoms with Gasteiger partial charge in [-0.05, 0) is 20.3 Å². The van der Waals surface area contributed by atoms with Crippen molar-refractivity contribution in [3.8, 4) is 0 Å². The Hall–Kier alpha value is -0.990. The zero-order valence-corrected chi connectivity index (χ0v) is 8.81. The third-order valence-corrected chi connectivity index (χ3v) is 1.59. The Morgan fingerprint density at radius 3 is 2.54 bits per heavy atom. The molecule has 0 aliphatic heterocycles. The number of unbranched alkanes of at least 4 members (excludes halogenated alkanes) is 1. The van der Waals surface area contributed by atoms with Crippen LogP contribution >= 0.6 is 0 Å². The highest BCUT2D eigenvalue weighted by molar-refractivity contribution is 5.73. The number of allylic oxidation sites excluding steroid dienone is 1. The maximum Gasteiger partial charge on any atom is 0.315 e. The van der Waals surface area contributed by atoms with Gasteiger partial charge < -0.3 is 10.6 Å². The van der Waals surface area contributed by atoms with Crippen molar-refractivity contribution in [2.45, 2.75) is 33.6 Å². The number of hydrogen-bond acceptors (Lipinski definition) is 1. The fourth-order valence-electron chi connectivity index (χ4n) is 0.789. The van der Waals surface area contributed by atoms with Crippen LogP contribution < -0.4 is 10.6 Å². The number of rotatable bonds is 5. The Morgan fingerprint density at radius 1 is 1.31 bits per heavy atom. The van der Waals surface area contributed by atoms with Crippen LogP contribution in [-0.2, 0) is 0 Å². The van der Waals surface area contributed by atoms with Crippen molar-refractivity contribution in [2.75, 3.05) is 13.1 Å². The summed E-state index contributed by atoms with van der Waals surface area (Å²) in [5.74, 6) is 0. The highest BCUT2D eigenvalue weighted by Gasteiger charge is 1.94. The zero-order valence-electron chi connectivity index (χ0n) is 8.81. The minimum absolute atomic E-state index is 0.0778. The molecule has 0 saturated carbocycles. The van der Waals surface area contributed by atoms with Gasteiger partial charge in [0.25, 0.3) is 0 Å². The average molecular weight is 184 g/mol. The van der Waals surface area contributed by atoms with Gasteiger partial charge in [-0.2, -0.15) is 0 Å². The van der Waals surface area contributed by atoms with E-state index in [1.807, 2.05) is 19.9 Å². The number of hydrogen-bond donors (Lipinski definition) is 2. The molecule has 0 unspecified atom stereocenters. The molecule has 0 atom stereocenters. The zero-order chi connectivity index (χ0) is 10.1. The molecule has 0 aromatic rings. The predicted octanol–water partition coefficient (Wildman–Crippen LogP) is 2.05. The SMILES string of the molecule is CCCCNC(=O)NCC=C(C)C. The van der Waals surface area contributed by atoms with E-state index < -0.39 is 0 Å². The number of urea groups is 1. The third-order valence-electron chi connectivity index (χ3n) is 1.59. The van der Waals surface area contributed by atoms with Gasteiger partial charge in [-0.15, -0.1) is 0 Å². The molecule has 0 aromatic heterocycles. The molecule has 0 aliphatic rings. The summed E-state index contributed by atoms with van der Waals surface area (Å²) in [4.78, 5) is 11.0. The second-order valence-corrected chi connectivity index (χ2v) is 3.27. The lowest BCUT2D eigenvalue weighted by atomic mass is 10.3. The quantitative estimate of drug-likeness (QED) is 0.498. The van der Waals surface area contributed by atoms with Crippen molar-refractivity contribution in [1.82, 2.24) is 10.6 Å². The van der Waals surface area contributed by atoms with E-state index in [1.165, 1.54) is 5.57 Å². The van der Waals surface area contributed by atoms with Crippen LogP contribution in [0.1, 0.15) is 33.6 Å². The molecule has 0 spiro atoms. The summed E-state index contributed by atoms with van der Waals surface area (Å²) in [7, 11) is 0. The first kappa shape index (κ1) is 12.0. The molecule has 2 amide bonds. The Bertz CT molecular complexity index is 172. The summed E-state index contributed by atoms with van der Waals surface area (Å²) in [6.45, 7) is 7.49. The van der Waals surface area contributed by atoms with Crippen LogP contribution in [0.2, 0.25) is 0 Å². The Labute approximate surface area is 80.6 Å². The van der Waals surface area contributed by atoms with Gasteiger partial charge in [0.15, 0.2) is 0 Å². The lowest BCUT2D eigenvalue weighted by Crippen LogP contribution is -2.36. The molecule has 0 aliphatic carbocycles. The van der Waals surface area contributed by atoms with Gasteiger partial charge in [0.05, 0.1) is 0 Å². The van der Waals surface area contributed by atoms with E-state index in [2.05, 4.69) is 17.6 Å². The lowest BCUT2D eigenvalue weighted by Gasteiger charge is -2.04. The van der Waals surface area contributed by atoms with Crippen LogP contribution in [0.3, 0.4) is 0 Å². The summed E-state index contributed by atoms with van der Waals surface area (Å²) in [5, 5.41) is 5.52. The van der Waals surface area contributed by atoms with E-state index in [1.54, 1.807) is 0 Å². The van der Waals surface area contributed by atoms with Crippen molar-refractivity contribution in [1.29, 1.82) is 0 Å². The Balaban J connectivity index is 3.36. The smallest absolute Gasteiger partial charge is 0.315 e. The standard InChI is InChI=1S/C10H20N2O/c1-4-5-7-11-10(13)12-8-6-9(2)3/h6H,4-5,7-8H2,1-3H3,(H2,11,12,13). The fourth-order valence-corrected chi connectivity index (χ4v) is 0.789. The molecule has 0 rings (SSSR count). The van der Waals surface area contributed by atoms with Crippen molar-refractivity contribution in [3.05, 3.63) is 11.6 Å². The van der Waals surface area contributed by atoms with Crippen LogP contribution in [0.25, 0.3) is 0 Å². The van der Waals surface area contributed by atoms with Gasteiger partial charge in [0.1, 0.15) is 0 Å². The summed E-state index contributed by atoms with van der Waals surface area (Å²) in [5.41, 5.74) is 1.22. The minimum atomic E-state index is -0.0778. The minimum Gasteiger partial charge on any atom is -0.338 e. The van der Waals surface area contributed by atoms with Gasteiger partial charge in [-0.25, -0.2) is 4.79 Å². The molecule has 0 aromatic carbocycles. The molecule has 0 radical (unpaired) electrons. The first-order valence-electron chi connectivity index (χ1n) is 4.82. The van der Waals surface area contributed by atoms with Crippen LogP contribution in [0, 0.1) is 0 Å². The van der Waals surface area contributed by atoms with Gasteiger partial charge >= 0.3 is 6.03 Å². The van der Waals surface area contributed by atoms with E-state index in [0.717, 1.165) is 19.4 Å². The summed E-state index contributed by atoms with van der Waals surface area (Å²) in [6, 6.07) is -0.0778. The average Bonchev–Trinajstić information content (AvgIpc) is 2.04. The monoisotopic (exact) mass is 184 g/mol. The molecule has 3 heteroatoms. The summed E-state index contributed by atoms with van der Waals surface area (Å²) < 4.78 is 0. The van der Waals surface area contributed by atoms with E-state index >= 15 is 0 Å². The van der Waals surface area contributed by atoms with Gasteiger partial charge in [-0.3, -0.25) is 0 Å². The second kappa shape index (κ2) is 7.65. The van der Waals surface area contributed by atoms with E-state index in [0.29, 0.717) is 6.54 Å². The van der Waals surface area contributed by atoms with Crippen molar-refractivity contribution < 1.29 is 4.79 Å². The lowest BCUT2D eigenvalue weighted by molar-refractivity contribution is 0.242. The largest absolute Gasteiger partial charge is 0.338 e. The molecule has 3 nitrogen and oxygen atoms in total. The number of amides is 2. The highest BCUT2D eigenvalue weighted by Crippen LogP contribution is 1.85. The van der Waals surface area contributed by atoms with E-state index in [4.69, 9.17) is 0 Å². The summed E-state index contributed by atoms with van der Waals surface area (Å²) >= 11 is 0. The van der Waals surface area contributed by atoms with Gasteiger partial charge in [-0.1, -0.05) is 25.0 Å². The van der Waals surface area contributed by atoms with Crippen LogP contribution in [0.5, 0.6) is 0 Å². The normalized spacial score (nSPS) is 9.15. The maximum atomic E-state index is 11.0. The van der Waals surface area contributed by atoms with Crippen LogP contribution in [-0.4, -0.2) is 19.1 Å². The number of carbonyl (C=O) groups is 1. The molecular weight excluding hydrogens is 164 g/mol.